The van der Waals surface area contributed by atoms with Crippen LogP contribution in [0.1, 0.15) is 58.8 Å². The Morgan fingerprint density at radius 1 is 0.944 bits per heavy atom. The highest BCUT2D eigenvalue weighted by molar-refractivity contribution is 4.85. The van der Waals surface area contributed by atoms with E-state index in [4.69, 9.17) is 0 Å². The van der Waals surface area contributed by atoms with Crippen molar-refractivity contribution in [3.63, 3.8) is 0 Å². The van der Waals surface area contributed by atoms with Crippen LogP contribution in [0, 0.1) is 17.8 Å². The van der Waals surface area contributed by atoms with E-state index < -0.39 is 0 Å². The lowest BCUT2D eigenvalue weighted by atomic mass is 9.73. The predicted molar refractivity (Wildman–Crippen MR) is 76.6 cm³/mol. The van der Waals surface area contributed by atoms with Gasteiger partial charge in [0, 0.05) is 12.5 Å². The van der Waals surface area contributed by atoms with E-state index in [2.05, 4.69) is 18.7 Å². The minimum atomic E-state index is -0.0609. The van der Waals surface area contributed by atoms with Crippen LogP contribution in [-0.4, -0.2) is 35.7 Å². The second-order valence-corrected chi connectivity index (χ2v) is 6.85. The van der Waals surface area contributed by atoms with Crippen molar-refractivity contribution in [3.8, 4) is 0 Å². The maximum absolute atomic E-state index is 10.3. The van der Waals surface area contributed by atoms with Gasteiger partial charge in [-0.2, -0.15) is 0 Å². The third-order valence-corrected chi connectivity index (χ3v) is 5.06. The van der Waals surface area contributed by atoms with E-state index in [0.29, 0.717) is 17.8 Å². The van der Waals surface area contributed by atoms with Crippen LogP contribution in [0.4, 0.5) is 0 Å². The molecule has 2 fully saturated rings. The fourth-order valence-corrected chi connectivity index (χ4v) is 3.97. The summed E-state index contributed by atoms with van der Waals surface area (Å²) in [4.78, 5) is 2.62. The molecule has 0 aromatic rings. The Morgan fingerprint density at radius 3 is 2.17 bits per heavy atom. The van der Waals surface area contributed by atoms with Crippen molar-refractivity contribution in [3.05, 3.63) is 0 Å². The van der Waals surface area contributed by atoms with E-state index in [0.717, 1.165) is 13.0 Å². The summed E-state index contributed by atoms with van der Waals surface area (Å²) in [6, 6.07) is 0. The van der Waals surface area contributed by atoms with Crippen LogP contribution in [0.15, 0.2) is 0 Å². The van der Waals surface area contributed by atoms with Gasteiger partial charge < -0.3 is 10.0 Å². The molecule has 0 aromatic heterocycles. The molecule has 1 N–H and O–H groups in total. The molecule has 4 atom stereocenters. The average molecular weight is 253 g/mol. The van der Waals surface area contributed by atoms with Crippen molar-refractivity contribution in [2.24, 2.45) is 17.8 Å². The van der Waals surface area contributed by atoms with Crippen LogP contribution in [-0.2, 0) is 0 Å². The molecule has 2 heteroatoms. The Bertz CT molecular complexity index is 223. The maximum atomic E-state index is 10.3. The zero-order chi connectivity index (χ0) is 13.0. The summed E-state index contributed by atoms with van der Waals surface area (Å²) in [5, 5.41) is 10.3. The van der Waals surface area contributed by atoms with E-state index in [9.17, 15) is 5.11 Å². The van der Waals surface area contributed by atoms with Crippen LogP contribution in [0.2, 0.25) is 0 Å². The summed E-state index contributed by atoms with van der Waals surface area (Å²) in [6.45, 7) is 8.27. The van der Waals surface area contributed by atoms with Crippen molar-refractivity contribution in [2.75, 3.05) is 19.6 Å². The monoisotopic (exact) mass is 253 g/mol. The Morgan fingerprint density at radius 2 is 1.56 bits per heavy atom. The molecule has 0 radical (unpaired) electrons. The van der Waals surface area contributed by atoms with Crippen molar-refractivity contribution < 1.29 is 5.11 Å². The molecule has 0 spiro atoms. The highest BCUT2D eigenvalue weighted by Gasteiger charge is 2.33. The average Bonchev–Trinajstić information content (AvgIpc) is 2.25. The molecule has 18 heavy (non-hydrogen) atoms. The Hall–Kier alpha value is -0.0800. The third kappa shape index (κ3) is 3.96. The molecule has 1 heterocycles. The van der Waals surface area contributed by atoms with Gasteiger partial charge in [0.25, 0.3) is 0 Å². The normalized spacial score (nSPS) is 40.2. The van der Waals surface area contributed by atoms with E-state index in [1.165, 1.54) is 51.6 Å². The summed E-state index contributed by atoms with van der Waals surface area (Å²) in [5.74, 6) is 1.91. The molecule has 2 aliphatic rings. The maximum Gasteiger partial charge on any atom is 0.0585 e. The van der Waals surface area contributed by atoms with Gasteiger partial charge in [0.2, 0.25) is 0 Å². The summed E-state index contributed by atoms with van der Waals surface area (Å²) in [5.41, 5.74) is 0. The van der Waals surface area contributed by atoms with E-state index in [1.807, 2.05) is 0 Å². The quantitative estimate of drug-likeness (QED) is 0.816. The molecule has 1 aliphatic heterocycles. The zero-order valence-electron chi connectivity index (χ0n) is 12.3. The van der Waals surface area contributed by atoms with Crippen LogP contribution < -0.4 is 0 Å². The van der Waals surface area contributed by atoms with E-state index >= 15 is 0 Å². The fraction of sp³-hybridized carbons (Fsp3) is 1.00. The molecule has 0 amide bonds. The summed E-state index contributed by atoms with van der Waals surface area (Å²) in [7, 11) is 0. The second kappa shape index (κ2) is 6.91. The molecule has 106 valence electrons. The minimum absolute atomic E-state index is 0.0609. The number of hydrogen-bond acceptors (Lipinski definition) is 2. The fourth-order valence-electron chi connectivity index (χ4n) is 3.97. The van der Waals surface area contributed by atoms with Gasteiger partial charge >= 0.3 is 0 Å². The third-order valence-electron chi connectivity index (χ3n) is 5.06. The number of aliphatic hydroxyl groups is 1. The molecule has 4 unspecified atom stereocenters. The van der Waals surface area contributed by atoms with Gasteiger partial charge in [-0.1, -0.05) is 33.1 Å². The first-order valence-corrected chi connectivity index (χ1v) is 8.07. The Labute approximate surface area is 113 Å². The van der Waals surface area contributed by atoms with Crippen LogP contribution in [0.25, 0.3) is 0 Å². The molecule has 0 bridgehead atoms. The first-order chi connectivity index (χ1) is 8.66. The lowest BCUT2D eigenvalue weighted by Crippen LogP contribution is -2.43. The van der Waals surface area contributed by atoms with Gasteiger partial charge in [0.1, 0.15) is 0 Å². The highest BCUT2D eigenvalue weighted by atomic mass is 16.3. The van der Waals surface area contributed by atoms with Gasteiger partial charge in [-0.05, 0) is 50.6 Å². The Balaban J connectivity index is 1.86. The smallest absolute Gasteiger partial charge is 0.0585 e. The first kappa shape index (κ1) is 14.3. The largest absolute Gasteiger partial charge is 0.393 e. The van der Waals surface area contributed by atoms with Gasteiger partial charge in [0.15, 0.2) is 0 Å². The second-order valence-electron chi connectivity index (χ2n) is 6.85. The Kier molecular flexibility index (Phi) is 5.50. The highest BCUT2D eigenvalue weighted by Crippen LogP contribution is 2.34. The van der Waals surface area contributed by atoms with Gasteiger partial charge in [-0.25, -0.2) is 0 Å². The SMILES string of the molecule is CC1CC(C)C(CN2CCCCCCC2)C(O)C1. The number of aliphatic hydroxyl groups excluding tert-OH is 1. The van der Waals surface area contributed by atoms with Crippen molar-refractivity contribution in [2.45, 2.75) is 64.9 Å². The lowest BCUT2D eigenvalue weighted by Gasteiger charge is -2.40. The number of likely N-dealkylation sites (tertiary alicyclic amines) is 1. The molecule has 0 aromatic carbocycles. The standard InChI is InChI=1S/C16H31NO/c1-13-10-14(2)15(16(18)11-13)12-17-8-6-4-3-5-7-9-17/h13-16,18H,3-12H2,1-2H3. The van der Waals surface area contributed by atoms with Gasteiger partial charge in [-0.15, -0.1) is 0 Å². The van der Waals surface area contributed by atoms with Crippen molar-refractivity contribution in [1.82, 2.24) is 4.90 Å². The van der Waals surface area contributed by atoms with Crippen molar-refractivity contribution >= 4 is 0 Å². The number of rotatable bonds is 2. The van der Waals surface area contributed by atoms with Gasteiger partial charge in [-0.3, -0.25) is 0 Å². The van der Waals surface area contributed by atoms with Gasteiger partial charge in [0.05, 0.1) is 6.10 Å². The topological polar surface area (TPSA) is 23.5 Å². The van der Waals surface area contributed by atoms with Crippen LogP contribution >= 0.6 is 0 Å². The first-order valence-electron chi connectivity index (χ1n) is 8.07. The molecular formula is C16H31NO. The summed E-state index contributed by atoms with van der Waals surface area (Å²) < 4.78 is 0. The van der Waals surface area contributed by atoms with E-state index in [-0.39, 0.29) is 6.10 Å². The summed E-state index contributed by atoms with van der Waals surface area (Å²) >= 11 is 0. The molecule has 2 rings (SSSR count). The molecule has 1 saturated carbocycles. The molecular weight excluding hydrogens is 222 g/mol. The van der Waals surface area contributed by atoms with E-state index in [1.54, 1.807) is 0 Å². The van der Waals surface area contributed by atoms with Crippen molar-refractivity contribution in [1.29, 1.82) is 0 Å². The lowest BCUT2D eigenvalue weighted by molar-refractivity contribution is -0.00301. The minimum Gasteiger partial charge on any atom is -0.393 e. The number of nitrogens with zero attached hydrogens (tertiary/aromatic N) is 1. The molecule has 1 saturated heterocycles. The number of hydrogen-bond donors (Lipinski definition) is 1. The van der Waals surface area contributed by atoms with Crippen LogP contribution in [0.3, 0.4) is 0 Å². The van der Waals surface area contributed by atoms with Crippen LogP contribution in [0.5, 0.6) is 0 Å². The zero-order valence-corrected chi connectivity index (χ0v) is 12.3. The molecule has 2 nitrogen and oxygen atoms in total. The predicted octanol–water partition coefficient (Wildman–Crippen LogP) is 3.30. The summed E-state index contributed by atoms with van der Waals surface area (Å²) in [6.07, 6.45) is 9.19. The molecule has 1 aliphatic carbocycles.